The number of thioether (sulfide) groups is 1. The maximum atomic E-state index is 14.9. The Bertz CT molecular complexity index is 1050. The van der Waals surface area contributed by atoms with E-state index in [1.54, 1.807) is 12.1 Å². The quantitative estimate of drug-likeness (QED) is 0.218. The fourth-order valence-electron chi connectivity index (χ4n) is 5.11. The lowest BCUT2D eigenvalue weighted by molar-refractivity contribution is 0.255. The lowest BCUT2D eigenvalue weighted by atomic mass is 9.79. The summed E-state index contributed by atoms with van der Waals surface area (Å²) >= 11 is 1.86. The number of aryl methyl sites for hydroxylation is 1. The van der Waals surface area contributed by atoms with Gasteiger partial charge in [0.2, 0.25) is 0 Å². The van der Waals surface area contributed by atoms with Crippen LogP contribution in [-0.2, 0) is 0 Å². The second-order valence-electron chi connectivity index (χ2n) is 9.82. The molecule has 0 nitrogen and oxygen atoms in total. The van der Waals surface area contributed by atoms with Crippen molar-refractivity contribution in [3.8, 4) is 22.3 Å². The molecule has 0 aromatic heterocycles. The van der Waals surface area contributed by atoms with E-state index in [1.807, 2.05) is 67.2 Å². The van der Waals surface area contributed by atoms with Crippen molar-refractivity contribution < 1.29 is 8.78 Å². The van der Waals surface area contributed by atoms with Gasteiger partial charge in [-0.15, -0.1) is 11.8 Å². The second kappa shape index (κ2) is 12.0. The van der Waals surface area contributed by atoms with Crippen LogP contribution in [0.15, 0.2) is 65.6 Å². The molecule has 3 aromatic carbocycles. The summed E-state index contributed by atoms with van der Waals surface area (Å²) in [5, 5.41) is 0. The van der Waals surface area contributed by atoms with Gasteiger partial charge in [-0.25, -0.2) is 8.78 Å². The van der Waals surface area contributed by atoms with E-state index in [9.17, 15) is 8.78 Å². The predicted molar refractivity (Wildman–Crippen MR) is 142 cm³/mol. The molecule has 0 atom stereocenters. The van der Waals surface area contributed by atoms with Crippen LogP contribution < -0.4 is 0 Å². The standard InChI is InChI=1S/C31H36F2S/c1-3-23-9-11-24(12-10-23)6-4-5-21-34-27-17-15-26(16-18-27)29-20-19-28(30(32)31(29)33)25-13-7-22(2)8-14-25/h7-8,13-20,23-24H,3-6,9-12,21H2,1-2H3. The highest BCUT2D eigenvalue weighted by Gasteiger charge is 2.19. The van der Waals surface area contributed by atoms with Crippen molar-refractivity contribution in [3.05, 3.63) is 77.9 Å². The van der Waals surface area contributed by atoms with E-state index in [0.29, 0.717) is 22.3 Å². The van der Waals surface area contributed by atoms with Crippen LogP contribution in [0.2, 0.25) is 0 Å². The van der Waals surface area contributed by atoms with E-state index < -0.39 is 11.6 Å². The molecule has 0 heterocycles. The van der Waals surface area contributed by atoms with Gasteiger partial charge < -0.3 is 0 Å². The highest BCUT2D eigenvalue weighted by Crippen LogP contribution is 2.34. The van der Waals surface area contributed by atoms with E-state index in [1.165, 1.54) is 56.3 Å². The zero-order valence-electron chi connectivity index (χ0n) is 20.5. The third-order valence-electron chi connectivity index (χ3n) is 7.43. The minimum absolute atomic E-state index is 0.298. The van der Waals surface area contributed by atoms with Gasteiger partial charge in [0.25, 0.3) is 0 Å². The predicted octanol–water partition coefficient (Wildman–Crippen LogP) is 10.1. The molecule has 1 aliphatic rings. The van der Waals surface area contributed by atoms with Crippen molar-refractivity contribution in [2.75, 3.05) is 5.75 Å². The van der Waals surface area contributed by atoms with Crippen LogP contribution in [0.25, 0.3) is 22.3 Å². The maximum Gasteiger partial charge on any atom is 0.167 e. The topological polar surface area (TPSA) is 0 Å². The molecule has 0 unspecified atom stereocenters. The first kappa shape index (κ1) is 25.0. The average Bonchev–Trinajstić information content (AvgIpc) is 2.87. The van der Waals surface area contributed by atoms with Crippen molar-refractivity contribution in [1.82, 2.24) is 0 Å². The molecule has 34 heavy (non-hydrogen) atoms. The summed E-state index contributed by atoms with van der Waals surface area (Å²) in [6.45, 7) is 4.30. The number of rotatable bonds is 9. The Morgan fingerprint density at radius 2 is 1.24 bits per heavy atom. The summed E-state index contributed by atoms with van der Waals surface area (Å²) in [6, 6.07) is 18.7. The molecule has 0 amide bonds. The lowest BCUT2D eigenvalue weighted by Gasteiger charge is -2.27. The Hall–Kier alpha value is -2.13. The molecule has 0 N–H and O–H groups in total. The fraction of sp³-hybridized carbons (Fsp3) is 0.419. The molecule has 1 aliphatic carbocycles. The zero-order chi connectivity index (χ0) is 23.9. The normalized spacial score (nSPS) is 18.2. The third-order valence-corrected chi connectivity index (χ3v) is 8.53. The van der Waals surface area contributed by atoms with Crippen LogP contribution in [0.5, 0.6) is 0 Å². The smallest absolute Gasteiger partial charge is 0.167 e. The van der Waals surface area contributed by atoms with Crippen LogP contribution in [0.3, 0.4) is 0 Å². The van der Waals surface area contributed by atoms with Gasteiger partial charge in [-0.05, 0) is 54.2 Å². The SMILES string of the molecule is CCC1CCC(CCCCSc2ccc(-c3ccc(-c4ccc(C)cc4)c(F)c3F)cc2)CC1. The molecule has 3 heteroatoms. The number of hydrogen-bond acceptors (Lipinski definition) is 1. The van der Waals surface area contributed by atoms with E-state index in [-0.39, 0.29) is 0 Å². The molecule has 180 valence electrons. The first-order valence-corrected chi connectivity index (χ1v) is 13.8. The van der Waals surface area contributed by atoms with Gasteiger partial charge in [0.15, 0.2) is 11.6 Å². The van der Waals surface area contributed by atoms with E-state index in [0.717, 1.165) is 23.2 Å². The van der Waals surface area contributed by atoms with Crippen LogP contribution >= 0.6 is 11.8 Å². The molecule has 0 bridgehead atoms. The lowest BCUT2D eigenvalue weighted by Crippen LogP contribution is -2.13. The van der Waals surface area contributed by atoms with Gasteiger partial charge in [0.05, 0.1) is 0 Å². The summed E-state index contributed by atoms with van der Waals surface area (Å²) in [5.74, 6) is 1.46. The molecular formula is C31H36F2S. The number of unbranched alkanes of at least 4 members (excludes halogenated alkanes) is 1. The number of benzene rings is 3. The maximum absolute atomic E-state index is 14.9. The Kier molecular flexibility index (Phi) is 8.83. The molecule has 1 fully saturated rings. The summed E-state index contributed by atoms with van der Waals surface area (Å²) in [6.07, 6.45) is 11.0. The second-order valence-corrected chi connectivity index (χ2v) is 11.0. The van der Waals surface area contributed by atoms with E-state index >= 15 is 0 Å². The first-order chi connectivity index (χ1) is 16.5. The van der Waals surface area contributed by atoms with Crippen molar-refractivity contribution in [3.63, 3.8) is 0 Å². The molecular weight excluding hydrogens is 442 g/mol. The van der Waals surface area contributed by atoms with Crippen molar-refractivity contribution in [2.24, 2.45) is 11.8 Å². The monoisotopic (exact) mass is 478 g/mol. The number of hydrogen-bond donors (Lipinski definition) is 0. The molecule has 0 aliphatic heterocycles. The average molecular weight is 479 g/mol. The van der Waals surface area contributed by atoms with Gasteiger partial charge in [-0.1, -0.05) is 106 Å². The van der Waals surface area contributed by atoms with Gasteiger partial charge in [0.1, 0.15) is 0 Å². The van der Waals surface area contributed by atoms with Crippen LogP contribution in [0.4, 0.5) is 8.78 Å². The van der Waals surface area contributed by atoms with Gasteiger partial charge in [-0.2, -0.15) is 0 Å². The zero-order valence-corrected chi connectivity index (χ0v) is 21.3. The fourth-order valence-corrected chi connectivity index (χ4v) is 6.03. The minimum atomic E-state index is -0.789. The highest BCUT2D eigenvalue weighted by atomic mass is 32.2. The van der Waals surface area contributed by atoms with Gasteiger partial charge >= 0.3 is 0 Å². The molecule has 0 radical (unpaired) electrons. The van der Waals surface area contributed by atoms with Crippen molar-refractivity contribution in [1.29, 1.82) is 0 Å². The Morgan fingerprint density at radius 1 is 0.706 bits per heavy atom. The van der Waals surface area contributed by atoms with E-state index in [2.05, 4.69) is 6.92 Å². The minimum Gasteiger partial charge on any atom is -0.203 e. The molecule has 0 spiro atoms. The van der Waals surface area contributed by atoms with E-state index in [4.69, 9.17) is 0 Å². The van der Waals surface area contributed by atoms with Gasteiger partial charge in [0, 0.05) is 16.0 Å². The van der Waals surface area contributed by atoms with Gasteiger partial charge in [-0.3, -0.25) is 0 Å². The highest BCUT2D eigenvalue weighted by molar-refractivity contribution is 7.99. The van der Waals surface area contributed by atoms with Crippen LogP contribution in [0.1, 0.15) is 63.9 Å². The third kappa shape index (κ3) is 6.30. The summed E-state index contributed by atoms with van der Waals surface area (Å²) in [7, 11) is 0. The summed E-state index contributed by atoms with van der Waals surface area (Å²) < 4.78 is 29.8. The van der Waals surface area contributed by atoms with Crippen molar-refractivity contribution >= 4 is 11.8 Å². The Morgan fingerprint density at radius 3 is 1.79 bits per heavy atom. The molecule has 0 saturated heterocycles. The first-order valence-electron chi connectivity index (χ1n) is 12.8. The Labute approximate surface area is 208 Å². The Balaban J connectivity index is 1.28. The summed E-state index contributed by atoms with van der Waals surface area (Å²) in [5.41, 5.74) is 3.09. The molecule has 1 saturated carbocycles. The number of halogens is 2. The molecule has 4 rings (SSSR count). The van der Waals surface area contributed by atoms with Crippen LogP contribution in [-0.4, -0.2) is 5.75 Å². The largest absolute Gasteiger partial charge is 0.203 e. The van der Waals surface area contributed by atoms with Crippen molar-refractivity contribution in [2.45, 2.75) is 70.1 Å². The van der Waals surface area contributed by atoms with Crippen LogP contribution in [0, 0.1) is 30.4 Å². The molecule has 3 aromatic rings. The summed E-state index contributed by atoms with van der Waals surface area (Å²) in [4.78, 5) is 1.18.